The van der Waals surface area contributed by atoms with Gasteiger partial charge in [0, 0.05) is 12.8 Å². The fraction of sp³-hybridized carbons (Fsp3) is 1.00. The summed E-state index contributed by atoms with van der Waals surface area (Å²) in [4.78, 5) is 0. The molecule has 0 spiro atoms. The fourth-order valence-corrected chi connectivity index (χ4v) is 1.51. The molecule has 1 atom stereocenters. The lowest BCUT2D eigenvalue weighted by molar-refractivity contribution is -0.134. The smallest absolute Gasteiger partial charge is 0.329 e. The van der Waals surface area contributed by atoms with Crippen LogP contribution < -0.4 is 5.73 Å². The van der Waals surface area contributed by atoms with Gasteiger partial charge in [0.15, 0.2) is 9.84 Å². The highest BCUT2D eigenvalue weighted by Crippen LogP contribution is 2.23. The molecule has 2 N–H and O–H groups in total. The van der Waals surface area contributed by atoms with Crippen molar-refractivity contribution >= 4 is 9.84 Å². The molecular formula is C5H10F3NO2S. The van der Waals surface area contributed by atoms with Gasteiger partial charge in [0.25, 0.3) is 0 Å². The van der Waals surface area contributed by atoms with Crippen molar-refractivity contribution in [3.05, 3.63) is 0 Å². The van der Waals surface area contributed by atoms with Crippen molar-refractivity contribution in [1.29, 1.82) is 0 Å². The lowest BCUT2D eigenvalue weighted by Crippen LogP contribution is -2.33. The molecule has 0 aromatic heterocycles. The summed E-state index contributed by atoms with van der Waals surface area (Å²) in [6.07, 6.45) is -5.11. The third-order valence-corrected chi connectivity index (χ3v) is 2.90. The molecule has 0 aliphatic carbocycles. The van der Waals surface area contributed by atoms with Crippen LogP contribution in [0.4, 0.5) is 13.2 Å². The standard InChI is InChI=1S/C5H10F3NO2S/c1-12(10,11)4(3-9)2-5(6,7)8/h4H,2-3,9H2,1H3. The van der Waals surface area contributed by atoms with Crippen molar-refractivity contribution in [2.24, 2.45) is 5.73 Å². The third kappa shape index (κ3) is 4.55. The topological polar surface area (TPSA) is 60.2 Å². The first kappa shape index (κ1) is 11.7. The van der Waals surface area contributed by atoms with Crippen LogP contribution in [-0.4, -0.2) is 32.6 Å². The number of sulfone groups is 1. The number of halogens is 3. The molecule has 3 nitrogen and oxygen atoms in total. The van der Waals surface area contributed by atoms with Gasteiger partial charge in [-0.25, -0.2) is 8.42 Å². The van der Waals surface area contributed by atoms with E-state index in [0.717, 1.165) is 6.26 Å². The number of nitrogens with two attached hydrogens (primary N) is 1. The Hall–Kier alpha value is -0.300. The summed E-state index contributed by atoms with van der Waals surface area (Å²) in [5.74, 6) is 0. The van der Waals surface area contributed by atoms with Crippen LogP contribution in [0.1, 0.15) is 6.42 Å². The highest BCUT2D eigenvalue weighted by atomic mass is 32.2. The van der Waals surface area contributed by atoms with Crippen LogP contribution in [0, 0.1) is 0 Å². The van der Waals surface area contributed by atoms with Crippen molar-refractivity contribution in [3.63, 3.8) is 0 Å². The van der Waals surface area contributed by atoms with Crippen LogP contribution in [0.2, 0.25) is 0 Å². The van der Waals surface area contributed by atoms with Gasteiger partial charge in [0.05, 0.1) is 11.7 Å². The molecule has 0 aliphatic heterocycles. The maximum absolute atomic E-state index is 11.7. The van der Waals surface area contributed by atoms with E-state index in [1.165, 1.54) is 0 Å². The van der Waals surface area contributed by atoms with E-state index in [1.807, 2.05) is 0 Å². The molecule has 0 saturated carbocycles. The van der Waals surface area contributed by atoms with Crippen molar-refractivity contribution in [2.75, 3.05) is 12.8 Å². The van der Waals surface area contributed by atoms with Gasteiger partial charge in [0.2, 0.25) is 0 Å². The molecule has 0 aliphatic rings. The van der Waals surface area contributed by atoms with Gasteiger partial charge in [0.1, 0.15) is 0 Å². The van der Waals surface area contributed by atoms with E-state index in [4.69, 9.17) is 5.73 Å². The first-order valence-electron chi connectivity index (χ1n) is 3.12. The number of hydrogen-bond donors (Lipinski definition) is 1. The second-order valence-corrected chi connectivity index (χ2v) is 4.83. The van der Waals surface area contributed by atoms with Gasteiger partial charge in [-0.05, 0) is 0 Å². The predicted octanol–water partition coefficient (Wildman–Crippen LogP) is 0.311. The van der Waals surface area contributed by atoms with Crippen molar-refractivity contribution in [2.45, 2.75) is 17.8 Å². The van der Waals surface area contributed by atoms with E-state index in [2.05, 4.69) is 0 Å². The zero-order valence-corrected chi connectivity index (χ0v) is 7.24. The van der Waals surface area contributed by atoms with Crippen LogP contribution in [0.25, 0.3) is 0 Å². The fourth-order valence-electron chi connectivity index (χ4n) is 0.668. The van der Waals surface area contributed by atoms with E-state index in [0.29, 0.717) is 0 Å². The van der Waals surface area contributed by atoms with Gasteiger partial charge in [-0.15, -0.1) is 0 Å². The van der Waals surface area contributed by atoms with Gasteiger partial charge >= 0.3 is 6.18 Å². The summed E-state index contributed by atoms with van der Waals surface area (Å²) >= 11 is 0. The lowest BCUT2D eigenvalue weighted by atomic mass is 10.3. The maximum Gasteiger partial charge on any atom is 0.390 e. The Balaban J connectivity index is 4.41. The molecule has 74 valence electrons. The van der Waals surface area contributed by atoms with Crippen molar-refractivity contribution < 1.29 is 21.6 Å². The van der Waals surface area contributed by atoms with E-state index in [1.54, 1.807) is 0 Å². The highest BCUT2D eigenvalue weighted by molar-refractivity contribution is 7.91. The molecule has 0 fully saturated rings. The molecule has 0 aromatic rings. The molecule has 7 heteroatoms. The third-order valence-electron chi connectivity index (χ3n) is 1.33. The number of alkyl halides is 3. The molecule has 1 unspecified atom stereocenters. The van der Waals surface area contributed by atoms with Gasteiger partial charge in [-0.1, -0.05) is 0 Å². The highest BCUT2D eigenvalue weighted by Gasteiger charge is 2.35. The van der Waals surface area contributed by atoms with Gasteiger partial charge < -0.3 is 5.73 Å². The molecule has 0 bridgehead atoms. The molecule has 0 rings (SSSR count). The quantitative estimate of drug-likeness (QED) is 0.721. The van der Waals surface area contributed by atoms with Crippen LogP contribution in [0.3, 0.4) is 0 Å². The van der Waals surface area contributed by atoms with Gasteiger partial charge in [-0.2, -0.15) is 13.2 Å². The lowest BCUT2D eigenvalue weighted by Gasteiger charge is -2.14. The summed E-state index contributed by atoms with van der Waals surface area (Å²) in [5, 5.41) is -1.52. The van der Waals surface area contributed by atoms with Crippen LogP contribution in [-0.2, 0) is 9.84 Å². The Morgan fingerprint density at radius 3 is 1.92 bits per heavy atom. The average Bonchev–Trinajstić information content (AvgIpc) is 1.78. The minimum Gasteiger partial charge on any atom is -0.329 e. The van der Waals surface area contributed by atoms with E-state index < -0.39 is 34.2 Å². The maximum atomic E-state index is 11.7. The van der Waals surface area contributed by atoms with Crippen LogP contribution >= 0.6 is 0 Å². The Morgan fingerprint density at radius 1 is 1.42 bits per heavy atom. The monoisotopic (exact) mass is 205 g/mol. The molecule has 12 heavy (non-hydrogen) atoms. The molecular weight excluding hydrogens is 195 g/mol. The predicted molar refractivity (Wildman–Crippen MR) is 38.4 cm³/mol. The summed E-state index contributed by atoms with van der Waals surface area (Å²) in [7, 11) is -3.69. The number of hydrogen-bond acceptors (Lipinski definition) is 3. The van der Waals surface area contributed by atoms with Crippen molar-refractivity contribution in [1.82, 2.24) is 0 Å². The summed E-state index contributed by atoms with van der Waals surface area (Å²) in [5.41, 5.74) is 4.89. The summed E-state index contributed by atoms with van der Waals surface area (Å²) < 4.78 is 56.4. The largest absolute Gasteiger partial charge is 0.390 e. The van der Waals surface area contributed by atoms with E-state index in [-0.39, 0.29) is 0 Å². The Labute approximate surface area is 68.7 Å². The molecule has 0 amide bonds. The molecule has 0 aromatic carbocycles. The zero-order valence-electron chi connectivity index (χ0n) is 6.43. The summed E-state index contributed by atoms with van der Waals surface area (Å²) in [6, 6.07) is 0. The Kier molecular flexibility index (Phi) is 3.52. The van der Waals surface area contributed by atoms with Crippen molar-refractivity contribution in [3.8, 4) is 0 Å². The Bertz CT molecular complexity index is 234. The second kappa shape index (κ2) is 3.61. The van der Waals surface area contributed by atoms with Crippen LogP contribution in [0.5, 0.6) is 0 Å². The normalized spacial score (nSPS) is 16.1. The molecule has 0 radical (unpaired) electrons. The first-order chi connectivity index (χ1) is 5.17. The number of rotatable bonds is 3. The SMILES string of the molecule is CS(=O)(=O)C(CN)CC(F)(F)F. The first-order valence-corrected chi connectivity index (χ1v) is 5.08. The molecule has 0 saturated heterocycles. The minimum absolute atomic E-state index is 0.502. The zero-order chi connectivity index (χ0) is 9.99. The van der Waals surface area contributed by atoms with Gasteiger partial charge in [-0.3, -0.25) is 0 Å². The van der Waals surface area contributed by atoms with Crippen LogP contribution in [0.15, 0.2) is 0 Å². The average molecular weight is 205 g/mol. The Morgan fingerprint density at radius 2 is 1.83 bits per heavy atom. The molecule has 0 heterocycles. The summed E-state index contributed by atoms with van der Waals surface area (Å²) in [6.45, 7) is -0.502. The van der Waals surface area contributed by atoms with E-state index >= 15 is 0 Å². The second-order valence-electron chi connectivity index (χ2n) is 2.51. The van der Waals surface area contributed by atoms with E-state index in [9.17, 15) is 21.6 Å². The minimum atomic E-state index is -4.48.